The molecular weight excluding hydrogens is 264 g/mol. The Morgan fingerprint density at radius 3 is 3.00 bits per heavy atom. The van der Waals surface area contributed by atoms with E-state index >= 15 is 0 Å². The Labute approximate surface area is 124 Å². The number of carbonyl (C=O) groups is 1. The predicted molar refractivity (Wildman–Crippen MR) is 83.8 cm³/mol. The van der Waals surface area contributed by atoms with Crippen LogP contribution in [0.15, 0.2) is 34.8 Å². The third-order valence-electron chi connectivity index (χ3n) is 3.96. The van der Waals surface area contributed by atoms with Gasteiger partial charge in [0.2, 0.25) is 5.91 Å². The molecule has 0 aliphatic carbocycles. The van der Waals surface area contributed by atoms with E-state index < -0.39 is 0 Å². The van der Waals surface area contributed by atoms with Crippen LogP contribution in [-0.2, 0) is 11.2 Å². The van der Waals surface area contributed by atoms with E-state index in [0.717, 1.165) is 41.7 Å². The van der Waals surface area contributed by atoms with Crippen molar-refractivity contribution in [3.05, 3.63) is 41.7 Å². The fourth-order valence-electron chi connectivity index (χ4n) is 2.81. The Morgan fingerprint density at radius 2 is 2.29 bits per heavy atom. The summed E-state index contributed by atoms with van der Waals surface area (Å²) in [5.74, 6) is 0.939. The molecule has 3 rings (SSSR count). The van der Waals surface area contributed by atoms with Crippen LogP contribution >= 0.6 is 0 Å². The molecule has 4 nitrogen and oxygen atoms in total. The number of amides is 1. The highest BCUT2D eigenvalue weighted by Crippen LogP contribution is 2.27. The molecule has 0 radical (unpaired) electrons. The average molecular weight is 284 g/mol. The van der Waals surface area contributed by atoms with E-state index in [0.29, 0.717) is 6.54 Å². The SMILES string of the molecule is CCc1oc2ccccc2c1/C=C/C(=O)N1CCC(N)C1. The molecule has 0 bridgehead atoms. The van der Waals surface area contributed by atoms with E-state index in [-0.39, 0.29) is 11.9 Å². The molecule has 1 unspecified atom stereocenters. The van der Waals surface area contributed by atoms with Gasteiger partial charge in [-0.1, -0.05) is 25.1 Å². The van der Waals surface area contributed by atoms with Crippen LogP contribution in [0.2, 0.25) is 0 Å². The van der Waals surface area contributed by atoms with Crippen molar-refractivity contribution >= 4 is 23.0 Å². The fraction of sp³-hybridized carbons (Fsp3) is 0.353. The van der Waals surface area contributed by atoms with Gasteiger partial charge in [-0.2, -0.15) is 0 Å². The minimum atomic E-state index is 0.0234. The lowest BCUT2D eigenvalue weighted by atomic mass is 10.1. The molecule has 0 spiro atoms. The van der Waals surface area contributed by atoms with Gasteiger partial charge in [0.05, 0.1) is 0 Å². The van der Waals surface area contributed by atoms with Gasteiger partial charge < -0.3 is 15.1 Å². The number of para-hydroxylation sites is 1. The normalized spacial score (nSPS) is 19.0. The molecule has 4 heteroatoms. The molecule has 1 atom stereocenters. The number of rotatable bonds is 3. The molecular formula is C17H20N2O2. The number of hydrogen-bond donors (Lipinski definition) is 1. The van der Waals surface area contributed by atoms with Crippen LogP contribution in [0.3, 0.4) is 0 Å². The third kappa shape index (κ3) is 2.72. The summed E-state index contributed by atoms with van der Waals surface area (Å²) >= 11 is 0. The van der Waals surface area contributed by atoms with Crippen LogP contribution in [0, 0.1) is 0 Å². The minimum absolute atomic E-state index is 0.0234. The van der Waals surface area contributed by atoms with Crippen molar-refractivity contribution in [2.45, 2.75) is 25.8 Å². The summed E-state index contributed by atoms with van der Waals surface area (Å²) < 4.78 is 5.83. The number of carbonyl (C=O) groups excluding carboxylic acids is 1. The highest BCUT2D eigenvalue weighted by Gasteiger charge is 2.22. The van der Waals surface area contributed by atoms with Crippen molar-refractivity contribution in [2.75, 3.05) is 13.1 Å². The summed E-state index contributed by atoms with van der Waals surface area (Å²) in [6, 6.07) is 8.02. The number of likely N-dealkylation sites (tertiary alicyclic amines) is 1. The molecule has 1 fully saturated rings. The highest BCUT2D eigenvalue weighted by atomic mass is 16.3. The van der Waals surface area contributed by atoms with E-state index in [4.69, 9.17) is 10.2 Å². The monoisotopic (exact) mass is 284 g/mol. The molecule has 21 heavy (non-hydrogen) atoms. The first-order valence-corrected chi connectivity index (χ1v) is 7.42. The Hall–Kier alpha value is -2.07. The van der Waals surface area contributed by atoms with Crippen LogP contribution in [0.4, 0.5) is 0 Å². The van der Waals surface area contributed by atoms with Gasteiger partial charge in [0.25, 0.3) is 0 Å². The Morgan fingerprint density at radius 1 is 1.48 bits per heavy atom. The summed E-state index contributed by atoms with van der Waals surface area (Å²) in [5.41, 5.74) is 7.71. The van der Waals surface area contributed by atoms with Crippen LogP contribution in [0.5, 0.6) is 0 Å². The molecule has 1 aromatic heterocycles. The first-order chi connectivity index (χ1) is 10.2. The maximum absolute atomic E-state index is 12.2. The van der Waals surface area contributed by atoms with Crippen LogP contribution in [-0.4, -0.2) is 29.9 Å². The zero-order valence-corrected chi connectivity index (χ0v) is 12.2. The number of nitrogens with zero attached hydrogens (tertiary/aromatic N) is 1. The smallest absolute Gasteiger partial charge is 0.246 e. The van der Waals surface area contributed by atoms with E-state index in [9.17, 15) is 4.79 Å². The largest absolute Gasteiger partial charge is 0.460 e. The second kappa shape index (κ2) is 5.74. The minimum Gasteiger partial charge on any atom is -0.460 e. The van der Waals surface area contributed by atoms with Crippen LogP contribution in [0.1, 0.15) is 24.7 Å². The number of nitrogens with two attached hydrogens (primary N) is 1. The van der Waals surface area contributed by atoms with Gasteiger partial charge in [-0.25, -0.2) is 0 Å². The summed E-state index contributed by atoms with van der Waals surface area (Å²) in [6.45, 7) is 3.45. The molecule has 2 aromatic rings. The van der Waals surface area contributed by atoms with Crippen LogP contribution < -0.4 is 5.73 Å². The Kier molecular flexibility index (Phi) is 3.80. The fourth-order valence-corrected chi connectivity index (χ4v) is 2.81. The van der Waals surface area contributed by atoms with Crippen molar-refractivity contribution in [3.63, 3.8) is 0 Å². The van der Waals surface area contributed by atoms with Crippen molar-refractivity contribution in [2.24, 2.45) is 5.73 Å². The summed E-state index contributed by atoms with van der Waals surface area (Å²) in [6.07, 6.45) is 5.19. The Balaban J connectivity index is 1.87. The average Bonchev–Trinajstić information content (AvgIpc) is 3.08. The molecule has 2 N–H and O–H groups in total. The number of fused-ring (bicyclic) bond motifs is 1. The molecule has 1 amide bonds. The molecule has 1 aromatic carbocycles. The van der Waals surface area contributed by atoms with Crippen molar-refractivity contribution in [1.82, 2.24) is 4.90 Å². The first-order valence-electron chi connectivity index (χ1n) is 7.42. The predicted octanol–water partition coefficient (Wildman–Crippen LogP) is 2.57. The molecule has 1 aliphatic rings. The van der Waals surface area contributed by atoms with Crippen molar-refractivity contribution in [1.29, 1.82) is 0 Å². The van der Waals surface area contributed by atoms with Gasteiger partial charge in [0.1, 0.15) is 11.3 Å². The number of aryl methyl sites for hydroxylation is 1. The highest BCUT2D eigenvalue weighted by molar-refractivity contribution is 5.96. The first kappa shape index (κ1) is 13.9. The number of furan rings is 1. The molecule has 110 valence electrons. The van der Waals surface area contributed by atoms with Gasteiger partial charge in [-0.05, 0) is 18.6 Å². The topological polar surface area (TPSA) is 59.5 Å². The van der Waals surface area contributed by atoms with Gasteiger partial charge in [0.15, 0.2) is 0 Å². The van der Waals surface area contributed by atoms with Gasteiger partial charge >= 0.3 is 0 Å². The maximum atomic E-state index is 12.2. The second-order valence-electron chi connectivity index (χ2n) is 5.45. The number of benzene rings is 1. The van der Waals surface area contributed by atoms with Crippen molar-refractivity contribution in [3.8, 4) is 0 Å². The van der Waals surface area contributed by atoms with E-state index in [1.807, 2.05) is 30.3 Å². The number of hydrogen-bond acceptors (Lipinski definition) is 3. The van der Waals surface area contributed by atoms with Gasteiger partial charge in [-0.3, -0.25) is 4.79 Å². The zero-order valence-electron chi connectivity index (χ0n) is 12.2. The third-order valence-corrected chi connectivity index (χ3v) is 3.96. The van der Waals surface area contributed by atoms with Crippen molar-refractivity contribution < 1.29 is 9.21 Å². The lowest BCUT2D eigenvalue weighted by Crippen LogP contribution is -2.30. The molecule has 2 heterocycles. The quantitative estimate of drug-likeness (QED) is 0.881. The summed E-state index contributed by atoms with van der Waals surface area (Å²) in [5, 5.41) is 1.05. The summed E-state index contributed by atoms with van der Waals surface area (Å²) in [7, 11) is 0. The standard InChI is InChI=1S/C17H20N2O2/c1-2-15-14(13-5-3-4-6-16(13)21-15)7-8-17(20)19-10-9-12(18)11-19/h3-8,12H,2,9-11,18H2,1H3/b8-7+. The van der Waals surface area contributed by atoms with Gasteiger partial charge in [-0.15, -0.1) is 0 Å². The molecule has 0 saturated carbocycles. The lowest BCUT2D eigenvalue weighted by molar-refractivity contribution is -0.124. The Bertz CT molecular complexity index is 687. The molecule has 1 aliphatic heterocycles. The van der Waals surface area contributed by atoms with Gasteiger partial charge in [0, 0.05) is 42.6 Å². The zero-order chi connectivity index (χ0) is 14.8. The summed E-state index contributed by atoms with van der Waals surface area (Å²) in [4.78, 5) is 14.0. The van der Waals surface area contributed by atoms with Crippen LogP contribution in [0.25, 0.3) is 17.0 Å². The van der Waals surface area contributed by atoms with E-state index in [2.05, 4.69) is 6.92 Å². The van der Waals surface area contributed by atoms with E-state index in [1.54, 1.807) is 11.0 Å². The lowest BCUT2D eigenvalue weighted by Gasteiger charge is -2.12. The van der Waals surface area contributed by atoms with E-state index in [1.165, 1.54) is 0 Å². The second-order valence-corrected chi connectivity index (χ2v) is 5.45. The maximum Gasteiger partial charge on any atom is 0.246 e. The molecule has 1 saturated heterocycles.